The van der Waals surface area contributed by atoms with E-state index in [1.807, 2.05) is 0 Å². The molecule has 26 heavy (non-hydrogen) atoms. The number of anilines is 1. The number of carbonyl (C=O) groups is 3. The van der Waals surface area contributed by atoms with Crippen LogP contribution in [0, 0.1) is 0 Å². The number of hydrogen-bond donors (Lipinski definition) is 1. The summed E-state index contributed by atoms with van der Waals surface area (Å²) in [6.45, 7) is 1.38. The van der Waals surface area contributed by atoms with Crippen molar-refractivity contribution in [3.8, 4) is 0 Å². The van der Waals surface area contributed by atoms with Crippen molar-refractivity contribution < 1.29 is 27.6 Å². The van der Waals surface area contributed by atoms with Gasteiger partial charge in [0.15, 0.2) is 0 Å². The summed E-state index contributed by atoms with van der Waals surface area (Å²) in [7, 11) is 0. The fourth-order valence-electron chi connectivity index (χ4n) is 2.67. The lowest BCUT2D eigenvalue weighted by molar-refractivity contribution is -0.137. The Labute approximate surface area is 146 Å². The summed E-state index contributed by atoms with van der Waals surface area (Å²) < 4.78 is 37.7. The van der Waals surface area contributed by atoms with E-state index in [0.29, 0.717) is 0 Å². The molecule has 0 saturated heterocycles. The fraction of sp³-hybridized carbons (Fsp3) is 0.167. The Hall–Kier alpha value is -3.16. The van der Waals surface area contributed by atoms with E-state index in [0.717, 1.165) is 29.2 Å². The molecule has 3 amide bonds. The number of nitrogens with one attached hydrogen (secondary N) is 1. The third-order valence-electron chi connectivity index (χ3n) is 4.07. The van der Waals surface area contributed by atoms with Crippen molar-refractivity contribution in [2.24, 2.45) is 0 Å². The van der Waals surface area contributed by atoms with Crippen LogP contribution in [0.5, 0.6) is 0 Å². The molecule has 1 atom stereocenters. The topological polar surface area (TPSA) is 66.5 Å². The largest absolute Gasteiger partial charge is 0.416 e. The molecule has 2 aromatic carbocycles. The van der Waals surface area contributed by atoms with Crippen molar-refractivity contribution in [2.75, 3.05) is 5.32 Å². The van der Waals surface area contributed by atoms with E-state index in [1.54, 1.807) is 12.1 Å². The molecule has 5 nitrogen and oxygen atoms in total. The maximum atomic E-state index is 12.6. The lowest BCUT2D eigenvalue weighted by atomic mass is 10.1. The molecule has 0 aromatic heterocycles. The predicted octanol–water partition coefficient (Wildman–Crippen LogP) is 3.33. The fourth-order valence-corrected chi connectivity index (χ4v) is 2.67. The summed E-state index contributed by atoms with van der Waals surface area (Å²) >= 11 is 0. The van der Waals surface area contributed by atoms with Gasteiger partial charge in [-0.15, -0.1) is 0 Å². The molecule has 0 bridgehead atoms. The molecular weight excluding hydrogens is 349 g/mol. The second kappa shape index (κ2) is 6.29. The van der Waals surface area contributed by atoms with Crippen molar-refractivity contribution in [3.05, 3.63) is 65.2 Å². The number of alkyl halides is 3. The number of halogens is 3. The number of imide groups is 1. The maximum Gasteiger partial charge on any atom is 0.416 e. The number of fused-ring (bicyclic) bond motifs is 1. The summed E-state index contributed by atoms with van der Waals surface area (Å²) in [5, 5.41) is 2.41. The van der Waals surface area contributed by atoms with Gasteiger partial charge in [-0.05, 0) is 43.3 Å². The number of amides is 3. The molecule has 0 radical (unpaired) electrons. The molecule has 0 spiro atoms. The number of nitrogens with zero attached hydrogens (tertiary/aromatic N) is 1. The summed E-state index contributed by atoms with van der Waals surface area (Å²) in [6, 6.07) is 8.98. The normalized spacial score (nSPS) is 15.0. The van der Waals surface area contributed by atoms with E-state index in [4.69, 9.17) is 0 Å². The molecule has 1 unspecified atom stereocenters. The summed E-state index contributed by atoms with van der Waals surface area (Å²) in [5.41, 5.74) is -0.284. The highest BCUT2D eigenvalue weighted by molar-refractivity contribution is 6.23. The van der Waals surface area contributed by atoms with Crippen LogP contribution in [-0.2, 0) is 11.0 Å². The molecule has 3 rings (SSSR count). The first kappa shape index (κ1) is 17.7. The van der Waals surface area contributed by atoms with E-state index >= 15 is 0 Å². The Kier molecular flexibility index (Phi) is 4.27. The minimum atomic E-state index is -4.48. The third-order valence-corrected chi connectivity index (χ3v) is 4.07. The Morgan fingerprint density at radius 3 is 1.92 bits per heavy atom. The molecule has 0 saturated carbocycles. The van der Waals surface area contributed by atoms with Gasteiger partial charge in [0.1, 0.15) is 6.04 Å². The first-order chi connectivity index (χ1) is 12.2. The van der Waals surface area contributed by atoms with Gasteiger partial charge in [0.2, 0.25) is 5.91 Å². The smallest absolute Gasteiger partial charge is 0.324 e. The quantitative estimate of drug-likeness (QED) is 0.852. The second-order valence-electron chi connectivity index (χ2n) is 5.77. The van der Waals surface area contributed by atoms with Gasteiger partial charge in [-0.3, -0.25) is 19.3 Å². The molecule has 134 valence electrons. The molecular formula is C18H13F3N2O3. The number of hydrogen-bond acceptors (Lipinski definition) is 3. The van der Waals surface area contributed by atoms with Crippen LogP contribution in [0.2, 0.25) is 0 Å². The van der Waals surface area contributed by atoms with Gasteiger partial charge >= 0.3 is 6.18 Å². The van der Waals surface area contributed by atoms with Crippen LogP contribution >= 0.6 is 0 Å². The highest BCUT2D eigenvalue weighted by atomic mass is 19.4. The van der Waals surface area contributed by atoms with E-state index in [-0.39, 0.29) is 16.8 Å². The lowest BCUT2D eigenvalue weighted by Gasteiger charge is -2.21. The zero-order valence-corrected chi connectivity index (χ0v) is 13.5. The maximum absolute atomic E-state index is 12.6. The zero-order valence-electron chi connectivity index (χ0n) is 13.5. The van der Waals surface area contributed by atoms with Crippen LogP contribution in [0.15, 0.2) is 48.5 Å². The predicted molar refractivity (Wildman–Crippen MR) is 86.5 cm³/mol. The average molecular weight is 362 g/mol. The van der Waals surface area contributed by atoms with Crippen LogP contribution in [-0.4, -0.2) is 28.7 Å². The summed E-state index contributed by atoms with van der Waals surface area (Å²) in [4.78, 5) is 37.9. The van der Waals surface area contributed by atoms with Gasteiger partial charge < -0.3 is 5.32 Å². The Morgan fingerprint density at radius 2 is 1.46 bits per heavy atom. The average Bonchev–Trinajstić information content (AvgIpc) is 2.85. The molecule has 8 heteroatoms. The standard InChI is InChI=1S/C18H13F3N2O3/c1-10(23-16(25)13-4-2-3-5-14(13)17(23)26)15(24)22-12-8-6-11(7-9-12)18(19,20)21/h2-10H,1H3,(H,22,24). The van der Waals surface area contributed by atoms with Gasteiger partial charge in [-0.2, -0.15) is 13.2 Å². The monoisotopic (exact) mass is 362 g/mol. The van der Waals surface area contributed by atoms with Crippen molar-refractivity contribution >= 4 is 23.4 Å². The van der Waals surface area contributed by atoms with E-state index < -0.39 is 35.5 Å². The molecule has 1 heterocycles. The molecule has 1 N–H and O–H groups in total. The number of carbonyl (C=O) groups excluding carboxylic acids is 3. The van der Waals surface area contributed by atoms with Gasteiger partial charge in [-0.1, -0.05) is 12.1 Å². The third kappa shape index (κ3) is 3.05. The van der Waals surface area contributed by atoms with Crippen molar-refractivity contribution in [2.45, 2.75) is 19.1 Å². The van der Waals surface area contributed by atoms with Gasteiger partial charge in [0.25, 0.3) is 11.8 Å². The summed E-state index contributed by atoms with van der Waals surface area (Å²) in [6.07, 6.45) is -4.48. The molecule has 0 aliphatic carbocycles. The molecule has 0 fully saturated rings. The minimum absolute atomic E-state index is 0.131. The van der Waals surface area contributed by atoms with Crippen molar-refractivity contribution in [3.63, 3.8) is 0 Å². The van der Waals surface area contributed by atoms with Crippen LogP contribution in [0.3, 0.4) is 0 Å². The van der Waals surface area contributed by atoms with E-state index in [9.17, 15) is 27.6 Å². The summed E-state index contributed by atoms with van der Waals surface area (Å²) in [5.74, 6) is -1.85. The van der Waals surface area contributed by atoms with Crippen molar-refractivity contribution in [1.29, 1.82) is 0 Å². The molecule has 2 aromatic rings. The van der Waals surface area contributed by atoms with Crippen LogP contribution in [0.25, 0.3) is 0 Å². The highest BCUT2D eigenvalue weighted by Gasteiger charge is 2.40. The Bertz CT molecular complexity index is 856. The number of benzene rings is 2. The van der Waals surface area contributed by atoms with E-state index in [2.05, 4.69) is 5.32 Å². The van der Waals surface area contributed by atoms with Crippen LogP contribution in [0.4, 0.5) is 18.9 Å². The first-order valence-electron chi connectivity index (χ1n) is 7.65. The second-order valence-corrected chi connectivity index (χ2v) is 5.77. The first-order valence-corrected chi connectivity index (χ1v) is 7.65. The molecule has 1 aliphatic heterocycles. The van der Waals surface area contributed by atoms with Crippen LogP contribution in [0.1, 0.15) is 33.2 Å². The lowest BCUT2D eigenvalue weighted by Crippen LogP contribution is -2.45. The van der Waals surface area contributed by atoms with Crippen LogP contribution < -0.4 is 5.32 Å². The minimum Gasteiger partial charge on any atom is -0.324 e. The zero-order chi connectivity index (χ0) is 19.1. The van der Waals surface area contributed by atoms with Gasteiger partial charge in [-0.25, -0.2) is 0 Å². The number of rotatable bonds is 3. The molecule has 1 aliphatic rings. The highest BCUT2D eigenvalue weighted by Crippen LogP contribution is 2.30. The van der Waals surface area contributed by atoms with Gasteiger partial charge in [0.05, 0.1) is 16.7 Å². The Balaban J connectivity index is 1.75. The Morgan fingerprint density at radius 1 is 0.962 bits per heavy atom. The van der Waals surface area contributed by atoms with E-state index in [1.165, 1.54) is 19.1 Å². The van der Waals surface area contributed by atoms with Crippen molar-refractivity contribution in [1.82, 2.24) is 4.90 Å². The SMILES string of the molecule is CC(C(=O)Nc1ccc(C(F)(F)F)cc1)N1C(=O)c2ccccc2C1=O. The van der Waals surface area contributed by atoms with Gasteiger partial charge in [0, 0.05) is 5.69 Å².